The van der Waals surface area contributed by atoms with Crippen LogP contribution in [0.1, 0.15) is 71.2 Å². The first-order valence-electron chi connectivity index (χ1n) is 17.0. The molecule has 0 heterocycles. The number of hydrogen-bond donors (Lipinski definition) is 4. The lowest BCUT2D eigenvalue weighted by Crippen LogP contribution is -2.22. The normalized spacial score (nSPS) is 13.8. The first kappa shape index (κ1) is 35.2. The van der Waals surface area contributed by atoms with Crippen LogP contribution in [0, 0.1) is 0 Å². The largest absolute Gasteiger partial charge is 0.493 e. The minimum absolute atomic E-state index is 0.0403. The van der Waals surface area contributed by atoms with E-state index in [1.54, 1.807) is 0 Å². The molecular weight excluding hydrogens is 608 g/mol. The van der Waals surface area contributed by atoms with E-state index >= 15 is 0 Å². The van der Waals surface area contributed by atoms with Crippen molar-refractivity contribution in [2.24, 2.45) is 0 Å². The molecule has 4 aromatic rings. The third-order valence-corrected chi connectivity index (χ3v) is 8.40. The summed E-state index contributed by atoms with van der Waals surface area (Å²) in [7, 11) is 0. The molecule has 48 heavy (non-hydrogen) atoms. The van der Waals surface area contributed by atoms with Crippen LogP contribution in [0.5, 0.6) is 23.0 Å². The van der Waals surface area contributed by atoms with E-state index in [-0.39, 0.29) is 13.2 Å². The van der Waals surface area contributed by atoms with Gasteiger partial charge in [-0.2, -0.15) is 0 Å². The van der Waals surface area contributed by atoms with Crippen molar-refractivity contribution in [2.75, 3.05) is 39.6 Å². The van der Waals surface area contributed by atoms with Crippen LogP contribution in [0.2, 0.25) is 0 Å². The molecule has 0 fully saturated rings. The van der Waals surface area contributed by atoms with Gasteiger partial charge in [-0.25, -0.2) is 0 Å². The maximum atomic E-state index is 10.2. The maximum absolute atomic E-state index is 10.2. The molecule has 4 aromatic carbocycles. The molecule has 1 aliphatic carbocycles. The summed E-state index contributed by atoms with van der Waals surface area (Å²) in [6.45, 7) is 4.40. The van der Waals surface area contributed by atoms with Crippen molar-refractivity contribution in [3.8, 4) is 23.0 Å². The van der Waals surface area contributed by atoms with Crippen LogP contribution in [0.3, 0.4) is 0 Å². The maximum Gasteiger partial charge on any atom is 0.126 e. The van der Waals surface area contributed by atoms with E-state index in [2.05, 4.69) is 38.1 Å². The molecule has 8 bridgehead atoms. The number of para-hydroxylation sites is 4. The van der Waals surface area contributed by atoms with E-state index in [4.69, 9.17) is 18.9 Å². The second-order valence-electron chi connectivity index (χ2n) is 12.3. The lowest BCUT2D eigenvalue weighted by molar-refractivity contribution is 0.0530. The molecule has 2 atom stereocenters. The van der Waals surface area contributed by atoms with Gasteiger partial charge in [0.25, 0.3) is 0 Å². The van der Waals surface area contributed by atoms with E-state index in [1.807, 2.05) is 48.5 Å². The number of fused-ring (bicyclic) bond motifs is 8. The second kappa shape index (κ2) is 17.4. The zero-order valence-electron chi connectivity index (χ0n) is 28.0. The molecule has 256 valence electrons. The Morgan fingerprint density at radius 3 is 0.938 bits per heavy atom. The van der Waals surface area contributed by atoms with Gasteiger partial charge in [0.1, 0.15) is 48.4 Å². The Morgan fingerprint density at radius 1 is 0.458 bits per heavy atom. The number of ether oxygens (including phenoxy) is 4. The Hall–Kier alpha value is -4.08. The molecule has 8 heteroatoms. The van der Waals surface area contributed by atoms with Crippen molar-refractivity contribution < 1.29 is 39.4 Å². The fourth-order valence-corrected chi connectivity index (χ4v) is 6.10. The smallest absolute Gasteiger partial charge is 0.126 e. The SMILES string of the molecule is CCCOc1c2cccc1Cc1cccc(c1OCC(O)CO)Cc1cccc(c1OCCC)Cc1cccc(c1OCC(O)CO)C2. The van der Waals surface area contributed by atoms with Gasteiger partial charge in [0.2, 0.25) is 0 Å². The van der Waals surface area contributed by atoms with Gasteiger partial charge in [-0.3, -0.25) is 0 Å². The van der Waals surface area contributed by atoms with Gasteiger partial charge in [-0.05, 0) is 57.3 Å². The highest BCUT2D eigenvalue weighted by Crippen LogP contribution is 2.39. The summed E-state index contributed by atoms with van der Waals surface area (Å²) in [5, 5.41) is 39.6. The fraction of sp³-hybridized carbons (Fsp3) is 0.400. The number of benzene rings is 4. The molecule has 0 saturated carbocycles. The monoisotopic (exact) mass is 656 g/mol. The summed E-state index contributed by atoms with van der Waals surface area (Å²) in [6, 6.07) is 24.6. The van der Waals surface area contributed by atoms with Gasteiger partial charge in [0.15, 0.2) is 0 Å². The van der Waals surface area contributed by atoms with Crippen LogP contribution < -0.4 is 18.9 Å². The number of rotatable bonds is 14. The Balaban J connectivity index is 1.72. The van der Waals surface area contributed by atoms with Gasteiger partial charge in [0.05, 0.1) is 26.4 Å². The van der Waals surface area contributed by atoms with Gasteiger partial charge >= 0.3 is 0 Å². The fourth-order valence-electron chi connectivity index (χ4n) is 6.10. The topological polar surface area (TPSA) is 118 Å². The molecule has 0 amide bonds. The van der Waals surface area contributed by atoms with E-state index in [1.165, 1.54) is 0 Å². The first-order chi connectivity index (χ1) is 23.4. The van der Waals surface area contributed by atoms with Gasteiger partial charge in [0, 0.05) is 25.7 Å². The molecule has 2 unspecified atom stereocenters. The molecule has 0 radical (unpaired) electrons. The molecule has 8 nitrogen and oxygen atoms in total. The van der Waals surface area contributed by atoms with Gasteiger partial charge < -0.3 is 39.4 Å². The summed E-state index contributed by atoms with van der Waals surface area (Å²) >= 11 is 0. The quantitative estimate of drug-likeness (QED) is 0.126. The molecular formula is C40H48O8. The number of hydrogen-bond acceptors (Lipinski definition) is 8. The van der Waals surface area contributed by atoms with Crippen molar-refractivity contribution >= 4 is 0 Å². The Labute approximate surface area is 283 Å². The highest BCUT2D eigenvalue weighted by molar-refractivity contribution is 5.56. The van der Waals surface area contributed by atoms with Crippen molar-refractivity contribution in [3.63, 3.8) is 0 Å². The van der Waals surface area contributed by atoms with Crippen LogP contribution in [0.25, 0.3) is 0 Å². The standard InChI is InChI=1S/C40H48O8/c1-3-17-45-37-27-9-5-10-28(37)20-32-14-8-16-34(40(32)48-26-36(44)24-42)22-30-12-6-11-29(38(30)46-18-4-2)21-33-15-7-13-31(19-27)39(33)47-25-35(43)23-41/h5-16,35-36,41-44H,3-4,17-26H2,1-2H3. The Bertz CT molecular complexity index is 1430. The van der Waals surface area contributed by atoms with E-state index in [0.29, 0.717) is 50.4 Å². The highest BCUT2D eigenvalue weighted by atomic mass is 16.5. The van der Waals surface area contributed by atoms with Crippen molar-refractivity contribution in [1.82, 2.24) is 0 Å². The third-order valence-electron chi connectivity index (χ3n) is 8.40. The summed E-state index contributed by atoms with van der Waals surface area (Å²) in [5.74, 6) is 2.98. The molecule has 5 rings (SSSR count). The van der Waals surface area contributed by atoms with E-state index < -0.39 is 25.4 Å². The molecule has 0 spiro atoms. The minimum atomic E-state index is -1.01. The number of aliphatic hydroxyl groups excluding tert-OH is 4. The Morgan fingerprint density at radius 2 is 0.708 bits per heavy atom. The summed E-state index contributed by atoms with van der Waals surface area (Å²) in [5.41, 5.74) is 7.78. The van der Waals surface area contributed by atoms with Crippen molar-refractivity contribution in [3.05, 3.63) is 117 Å². The van der Waals surface area contributed by atoms with Crippen LogP contribution in [0.15, 0.2) is 72.8 Å². The second-order valence-corrected chi connectivity index (χ2v) is 12.3. The van der Waals surface area contributed by atoms with Gasteiger partial charge in [-0.1, -0.05) is 86.6 Å². The summed E-state index contributed by atoms with van der Waals surface area (Å²) < 4.78 is 25.5. The average molecular weight is 657 g/mol. The summed E-state index contributed by atoms with van der Waals surface area (Å²) in [4.78, 5) is 0. The van der Waals surface area contributed by atoms with Gasteiger partial charge in [-0.15, -0.1) is 0 Å². The lowest BCUT2D eigenvalue weighted by Gasteiger charge is -2.23. The zero-order valence-corrected chi connectivity index (χ0v) is 28.0. The van der Waals surface area contributed by atoms with Crippen LogP contribution >= 0.6 is 0 Å². The molecule has 0 aliphatic heterocycles. The molecule has 4 N–H and O–H groups in total. The predicted octanol–water partition coefficient (Wildman–Crippen LogP) is 5.40. The number of aliphatic hydroxyl groups is 4. The average Bonchev–Trinajstić information content (AvgIpc) is 3.09. The van der Waals surface area contributed by atoms with Crippen LogP contribution in [-0.2, 0) is 25.7 Å². The van der Waals surface area contributed by atoms with E-state index in [0.717, 1.165) is 68.8 Å². The van der Waals surface area contributed by atoms with Crippen molar-refractivity contribution in [1.29, 1.82) is 0 Å². The molecule has 0 saturated heterocycles. The Kier molecular flexibility index (Phi) is 12.7. The zero-order chi connectivity index (χ0) is 33.9. The van der Waals surface area contributed by atoms with Crippen LogP contribution in [0.4, 0.5) is 0 Å². The third kappa shape index (κ3) is 8.68. The van der Waals surface area contributed by atoms with E-state index in [9.17, 15) is 20.4 Å². The minimum Gasteiger partial charge on any atom is -0.493 e. The predicted molar refractivity (Wildman–Crippen MR) is 186 cm³/mol. The summed E-state index contributed by atoms with van der Waals surface area (Å²) in [6.07, 6.45) is 1.78. The lowest BCUT2D eigenvalue weighted by atomic mass is 9.91. The van der Waals surface area contributed by atoms with Crippen LogP contribution in [-0.4, -0.2) is 72.3 Å². The highest BCUT2D eigenvalue weighted by Gasteiger charge is 2.22. The molecule has 0 aromatic heterocycles. The molecule has 1 aliphatic rings. The van der Waals surface area contributed by atoms with Crippen molar-refractivity contribution in [2.45, 2.75) is 64.6 Å². The first-order valence-corrected chi connectivity index (χ1v) is 17.0.